The van der Waals surface area contributed by atoms with Crippen LogP contribution in [0, 0.1) is 20.8 Å². The third kappa shape index (κ3) is 2.77. The Morgan fingerprint density at radius 1 is 1.27 bits per heavy atom. The molecule has 7 nitrogen and oxygen atoms in total. The lowest BCUT2D eigenvalue weighted by Crippen LogP contribution is -2.15. The van der Waals surface area contributed by atoms with E-state index in [2.05, 4.69) is 20.6 Å². The van der Waals surface area contributed by atoms with Crippen molar-refractivity contribution >= 4 is 22.9 Å². The van der Waals surface area contributed by atoms with E-state index in [4.69, 9.17) is 9.05 Å². The minimum atomic E-state index is -0.148. The lowest BCUT2D eigenvalue weighted by atomic mass is 10.1. The van der Waals surface area contributed by atoms with Crippen LogP contribution < -0.4 is 5.32 Å². The number of rotatable bonds is 4. The van der Waals surface area contributed by atoms with Crippen molar-refractivity contribution in [2.45, 2.75) is 27.2 Å². The number of hydrogen-bond donors (Lipinski definition) is 1. The maximum atomic E-state index is 12.2. The molecule has 22 heavy (non-hydrogen) atoms. The fraction of sp³-hybridized carbons (Fsp3) is 0.286. The van der Waals surface area contributed by atoms with Gasteiger partial charge in [0.25, 0.3) is 5.89 Å². The van der Waals surface area contributed by atoms with E-state index in [1.807, 2.05) is 18.4 Å². The first kappa shape index (κ1) is 14.5. The number of carbonyl (C=O) groups excluding carboxylic acids is 1. The molecule has 114 valence electrons. The summed E-state index contributed by atoms with van der Waals surface area (Å²) in [6.07, 6.45) is 0.208. The van der Waals surface area contributed by atoms with Crippen molar-refractivity contribution < 1.29 is 13.8 Å². The number of anilines is 1. The van der Waals surface area contributed by atoms with Crippen molar-refractivity contribution in [3.63, 3.8) is 0 Å². The molecule has 1 N–H and O–H groups in total. The summed E-state index contributed by atoms with van der Waals surface area (Å²) in [5.41, 5.74) is 2.19. The van der Waals surface area contributed by atoms with Crippen molar-refractivity contribution in [2.75, 3.05) is 5.32 Å². The van der Waals surface area contributed by atoms with Crippen LogP contribution in [0.25, 0.3) is 10.8 Å². The number of carbonyl (C=O) groups is 1. The van der Waals surface area contributed by atoms with Crippen molar-refractivity contribution in [3.05, 3.63) is 34.3 Å². The third-order valence-corrected chi connectivity index (χ3v) is 4.08. The van der Waals surface area contributed by atoms with Gasteiger partial charge in [0, 0.05) is 5.56 Å². The fourth-order valence-electron chi connectivity index (χ4n) is 2.07. The Balaban J connectivity index is 1.77. The SMILES string of the molecule is Cc1noc(-c2sccc2NC(=O)Cc2c(C)noc2C)n1. The molecule has 0 aromatic carbocycles. The molecular formula is C14H14N4O3S. The molecule has 0 radical (unpaired) electrons. The second-order valence-corrected chi connectivity index (χ2v) is 5.75. The Labute approximate surface area is 130 Å². The lowest BCUT2D eigenvalue weighted by Gasteiger charge is -2.04. The summed E-state index contributed by atoms with van der Waals surface area (Å²) in [6, 6.07) is 1.81. The van der Waals surface area contributed by atoms with Crippen molar-refractivity contribution in [1.82, 2.24) is 15.3 Å². The van der Waals surface area contributed by atoms with Gasteiger partial charge in [-0.1, -0.05) is 10.3 Å². The molecule has 0 spiro atoms. The number of nitrogens with zero attached hydrogens (tertiary/aromatic N) is 3. The maximum Gasteiger partial charge on any atom is 0.270 e. The molecule has 3 rings (SSSR count). The highest BCUT2D eigenvalue weighted by molar-refractivity contribution is 7.14. The van der Waals surface area contributed by atoms with Gasteiger partial charge < -0.3 is 14.4 Å². The molecule has 0 aliphatic heterocycles. The molecule has 0 bridgehead atoms. The molecule has 8 heteroatoms. The van der Waals surface area contributed by atoms with Gasteiger partial charge in [-0.3, -0.25) is 4.79 Å². The van der Waals surface area contributed by atoms with Crippen LogP contribution in [0.2, 0.25) is 0 Å². The van der Waals surface area contributed by atoms with Crippen LogP contribution in [0.1, 0.15) is 22.8 Å². The summed E-state index contributed by atoms with van der Waals surface area (Å²) >= 11 is 1.43. The predicted octanol–water partition coefficient (Wildman–Crippen LogP) is 2.89. The molecule has 1 amide bonds. The van der Waals surface area contributed by atoms with E-state index in [1.165, 1.54) is 11.3 Å². The van der Waals surface area contributed by atoms with E-state index in [9.17, 15) is 4.79 Å². The molecule has 0 unspecified atom stereocenters. The van der Waals surface area contributed by atoms with E-state index in [0.717, 1.165) is 16.1 Å². The minimum Gasteiger partial charge on any atom is -0.361 e. The highest BCUT2D eigenvalue weighted by atomic mass is 32.1. The Morgan fingerprint density at radius 3 is 2.73 bits per heavy atom. The zero-order chi connectivity index (χ0) is 15.7. The van der Waals surface area contributed by atoms with Crippen LogP contribution in [-0.4, -0.2) is 21.2 Å². The fourth-order valence-corrected chi connectivity index (χ4v) is 2.84. The minimum absolute atomic E-state index is 0.148. The second-order valence-electron chi connectivity index (χ2n) is 4.84. The van der Waals surface area contributed by atoms with Crippen LogP contribution in [0.3, 0.4) is 0 Å². The first-order chi connectivity index (χ1) is 10.5. The molecule has 0 fully saturated rings. The Hall–Kier alpha value is -2.48. The average molecular weight is 318 g/mol. The standard InChI is InChI=1S/C14H14N4O3S/c1-7-10(8(2)20-17-7)6-12(19)16-11-4-5-22-13(11)14-15-9(3)18-21-14/h4-5H,6H2,1-3H3,(H,16,19). The summed E-state index contributed by atoms with van der Waals surface area (Å²) in [5.74, 6) is 1.47. The number of nitrogens with one attached hydrogen (secondary N) is 1. The van der Waals surface area contributed by atoms with E-state index >= 15 is 0 Å². The van der Waals surface area contributed by atoms with Gasteiger partial charge in [-0.25, -0.2) is 0 Å². The van der Waals surface area contributed by atoms with E-state index in [1.54, 1.807) is 13.8 Å². The zero-order valence-corrected chi connectivity index (χ0v) is 13.2. The van der Waals surface area contributed by atoms with Crippen LogP contribution in [0.5, 0.6) is 0 Å². The first-order valence-corrected chi connectivity index (χ1v) is 7.52. The van der Waals surface area contributed by atoms with Crippen molar-refractivity contribution in [1.29, 1.82) is 0 Å². The molecule has 3 aromatic heterocycles. The number of thiophene rings is 1. The van der Waals surface area contributed by atoms with Crippen molar-refractivity contribution in [2.24, 2.45) is 0 Å². The zero-order valence-electron chi connectivity index (χ0n) is 12.3. The number of hydrogen-bond acceptors (Lipinski definition) is 7. The van der Waals surface area contributed by atoms with Gasteiger partial charge in [-0.2, -0.15) is 4.98 Å². The summed E-state index contributed by atoms with van der Waals surface area (Å²) in [5, 5.41) is 12.3. The molecule has 0 saturated carbocycles. The first-order valence-electron chi connectivity index (χ1n) is 6.64. The molecule has 0 atom stereocenters. The highest BCUT2D eigenvalue weighted by Gasteiger charge is 2.18. The van der Waals surface area contributed by atoms with Gasteiger partial charge in [0.05, 0.1) is 17.8 Å². The smallest absolute Gasteiger partial charge is 0.270 e. The molecule has 3 heterocycles. The van der Waals surface area contributed by atoms with Crippen LogP contribution in [0.15, 0.2) is 20.5 Å². The summed E-state index contributed by atoms with van der Waals surface area (Å²) < 4.78 is 10.2. The summed E-state index contributed by atoms with van der Waals surface area (Å²) in [7, 11) is 0. The average Bonchev–Trinajstić information content (AvgIpc) is 3.16. The van der Waals surface area contributed by atoms with Crippen LogP contribution >= 0.6 is 11.3 Å². The quantitative estimate of drug-likeness (QED) is 0.795. The second kappa shape index (κ2) is 5.72. The van der Waals surface area contributed by atoms with Gasteiger partial charge in [-0.05, 0) is 32.2 Å². The maximum absolute atomic E-state index is 12.2. The van der Waals surface area contributed by atoms with Gasteiger partial charge in [-0.15, -0.1) is 11.3 Å². The van der Waals surface area contributed by atoms with Crippen LogP contribution in [-0.2, 0) is 11.2 Å². The van der Waals surface area contributed by atoms with E-state index < -0.39 is 0 Å². The Kier molecular flexibility index (Phi) is 3.76. The Bertz CT molecular complexity index is 798. The monoisotopic (exact) mass is 318 g/mol. The van der Waals surface area contributed by atoms with Crippen molar-refractivity contribution in [3.8, 4) is 10.8 Å². The normalized spacial score (nSPS) is 10.9. The molecule has 0 saturated heterocycles. The summed E-state index contributed by atoms with van der Waals surface area (Å²) in [6.45, 7) is 5.35. The van der Waals surface area contributed by atoms with Gasteiger partial charge in [0.1, 0.15) is 10.6 Å². The number of aryl methyl sites for hydroxylation is 3. The highest BCUT2D eigenvalue weighted by Crippen LogP contribution is 2.32. The predicted molar refractivity (Wildman–Crippen MR) is 80.7 cm³/mol. The topological polar surface area (TPSA) is 94.1 Å². The van der Waals surface area contributed by atoms with Gasteiger partial charge in [0.2, 0.25) is 5.91 Å². The number of aromatic nitrogens is 3. The summed E-state index contributed by atoms with van der Waals surface area (Å²) in [4.78, 5) is 17.2. The van der Waals surface area contributed by atoms with E-state index in [0.29, 0.717) is 23.2 Å². The Morgan fingerprint density at radius 2 is 2.09 bits per heavy atom. The lowest BCUT2D eigenvalue weighted by molar-refractivity contribution is -0.115. The van der Waals surface area contributed by atoms with E-state index in [-0.39, 0.29) is 12.3 Å². The number of amides is 1. The third-order valence-electron chi connectivity index (χ3n) is 3.18. The van der Waals surface area contributed by atoms with Gasteiger partial charge in [0.15, 0.2) is 5.82 Å². The largest absolute Gasteiger partial charge is 0.361 e. The van der Waals surface area contributed by atoms with Crippen LogP contribution in [0.4, 0.5) is 5.69 Å². The molecular weight excluding hydrogens is 304 g/mol. The molecule has 3 aromatic rings. The molecule has 0 aliphatic carbocycles. The molecule has 0 aliphatic rings. The van der Waals surface area contributed by atoms with Gasteiger partial charge >= 0.3 is 0 Å².